The minimum atomic E-state index is -0.489. The van der Waals surface area contributed by atoms with E-state index in [9.17, 15) is 4.79 Å². The van der Waals surface area contributed by atoms with Crippen LogP contribution in [0.15, 0.2) is 54.7 Å². The van der Waals surface area contributed by atoms with Crippen LogP contribution in [-0.4, -0.2) is 29.4 Å². The van der Waals surface area contributed by atoms with Crippen LogP contribution in [0.25, 0.3) is 21.9 Å². The molecule has 0 amide bonds. The average molecular weight is 445 g/mol. The highest BCUT2D eigenvalue weighted by Gasteiger charge is 2.31. The Morgan fingerprint density at radius 2 is 1.76 bits per heavy atom. The number of fused-ring (bicyclic) bond motifs is 1. The lowest BCUT2D eigenvalue weighted by molar-refractivity contribution is -0.160. The molecule has 2 atom stereocenters. The molecule has 4 rings (SSSR count). The predicted octanol–water partition coefficient (Wildman–Crippen LogP) is 6.55. The molecule has 0 saturated heterocycles. The minimum absolute atomic E-state index is 0.0648. The summed E-state index contributed by atoms with van der Waals surface area (Å²) in [6.45, 7) is 5.67. The normalized spacial score (nSPS) is 19.2. The largest absolute Gasteiger partial charge is 0.496 e. The molecule has 1 aliphatic rings. The molecule has 0 radical (unpaired) electrons. The maximum Gasteiger partial charge on any atom is 0.309 e. The first kappa shape index (κ1) is 23.0. The highest BCUT2D eigenvalue weighted by atomic mass is 16.6. The standard InChI is InChI=1S/C28H32N2O3/c1-28(2,3)33-27(31)18-9-12-22(24(29)13-10-18)25-14-11-21(17-30-25)23-15-19-7-5-6-8-20(19)16-26(23)32-4/h5-8,11,14-18,22,29H,9-10,12-13H2,1-4H3. The van der Waals surface area contributed by atoms with Gasteiger partial charge in [-0.3, -0.25) is 9.78 Å². The number of rotatable bonds is 4. The molecule has 2 aromatic carbocycles. The summed E-state index contributed by atoms with van der Waals surface area (Å²) >= 11 is 0. The van der Waals surface area contributed by atoms with Crippen molar-refractivity contribution in [1.82, 2.24) is 4.98 Å². The second kappa shape index (κ2) is 9.34. The average Bonchev–Trinajstić information content (AvgIpc) is 2.99. The molecule has 2 unspecified atom stereocenters. The molecular weight excluding hydrogens is 412 g/mol. The van der Waals surface area contributed by atoms with E-state index in [1.165, 1.54) is 0 Å². The fraction of sp³-hybridized carbons (Fsp3) is 0.393. The predicted molar refractivity (Wildman–Crippen MR) is 132 cm³/mol. The van der Waals surface area contributed by atoms with E-state index in [2.05, 4.69) is 30.3 Å². The summed E-state index contributed by atoms with van der Waals surface area (Å²) < 4.78 is 11.2. The second-order valence-corrected chi connectivity index (χ2v) is 9.80. The first-order valence-electron chi connectivity index (χ1n) is 11.6. The molecule has 1 fully saturated rings. The van der Waals surface area contributed by atoms with E-state index in [4.69, 9.17) is 19.9 Å². The topological polar surface area (TPSA) is 72.3 Å². The Morgan fingerprint density at radius 3 is 2.39 bits per heavy atom. The zero-order chi connectivity index (χ0) is 23.6. The molecule has 1 aliphatic carbocycles. The summed E-state index contributed by atoms with van der Waals surface area (Å²) in [5, 5.41) is 10.9. The number of ether oxygens (including phenoxy) is 2. The number of nitrogens with one attached hydrogen (secondary N) is 1. The number of carbonyl (C=O) groups is 1. The van der Waals surface area contributed by atoms with Crippen molar-refractivity contribution >= 4 is 22.5 Å². The van der Waals surface area contributed by atoms with E-state index in [0.717, 1.165) is 39.8 Å². The van der Waals surface area contributed by atoms with Crippen LogP contribution < -0.4 is 4.74 Å². The van der Waals surface area contributed by atoms with Gasteiger partial charge in [0.1, 0.15) is 11.4 Å². The number of hydrogen-bond acceptors (Lipinski definition) is 5. The van der Waals surface area contributed by atoms with Gasteiger partial charge in [-0.25, -0.2) is 0 Å². The highest BCUT2D eigenvalue weighted by molar-refractivity contribution is 5.91. The molecule has 172 valence electrons. The number of pyridine rings is 1. The zero-order valence-corrected chi connectivity index (χ0v) is 19.9. The highest BCUT2D eigenvalue weighted by Crippen LogP contribution is 2.36. The molecule has 5 nitrogen and oxygen atoms in total. The van der Waals surface area contributed by atoms with E-state index < -0.39 is 5.60 Å². The van der Waals surface area contributed by atoms with Gasteiger partial charge in [-0.05, 0) is 75.4 Å². The smallest absolute Gasteiger partial charge is 0.309 e. The lowest BCUT2D eigenvalue weighted by Crippen LogP contribution is -2.28. The van der Waals surface area contributed by atoms with Crippen LogP contribution in [0.3, 0.4) is 0 Å². The van der Waals surface area contributed by atoms with Gasteiger partial charge in [0, 0.05) is 34.6 Å². The fourth-order valence-corrected chi connectivity index (χ4v) is 4.52. The van der Waals surface area contributed by atoms with E-state index in [1.54, 1.807) is 7.11 Å². The minimum Gasteiger partial charge on any atom is -0.496 e. The molecule has 33 heavy (non-hydrogen) atoms. The van der Waals surface area contributed by atoms with Crippen LogP contribution in [0.4, 0.5) is 0 Å². The van der Waals surface area contributed by atoms with Crippen LogP contribution >= 0.6 is 0 Å². The molecule has 5 heteroatoms. The first-order chi connectivity index (χ1) is 15.7. The SMILES string of the molecule is COc1cc2ccccc2cc1-c1ccc(C2CCC(C(=O)OC(C)(C)C)CCC2=N)nc1. The summed E-state index contributed by atoms with van der Waals surface area (Å²) in [6.07, 6.45) is 4.57. The monoisotopic (exact) mass is 444 g/mol. The van der Waals surface area contributed by atoms with Gasteiger partial charge in [-0.2, -0.15) is 0 Å². The number of esters is 1. The van der Waals surface area contributed by atoms with Gasteiger partial charge >= 0.3 is 5.97 Å². The van der Waals surface area contributed by atoms with Crippen molar-refractivity contribution in [3.8, 4) is 16.9 Å². The van der Waals surface area contributed by atoms with Crippen molar-refractivity contribution in [2.75, 3.05) is 7.11 Å². The van der Waals surface area contributed by atoms with Crippen LogP contribution in [0.1, 0.15) is 58.1 Å². The Kier molecular flexibility index (Phi) is 6.50. The molecule has 1 heterocycles. The van der Waals surface area contributed by atoms with Crippen molar-refractivity contribution < 1.29 is 14.3 Å². The molecule has 1 aromatic heterocycles. The fourth-order valence-electron chi connectivity index (χ4n) is 4.52. The zero-order valence-electron chi connectivity index (χ0n) is 19.9. The van der Waals surface area contributed by atoms with Crippen molar-refractivity contribution in [2.45, 2.75) is 58.0 Å². The summed E-state index contributed by atoms with van der Waals surface area (Å²) in [4.78, 5) is 17.3. The number of nitrogens with zero attached hydrogens (tertiary/aromatic N) is 1. The maximum absolute atomic E-state index is 12.6. The van der Waals surface area contributed by atoms with Gasteiger partial charge in [-0.15, -0.1) is 0 Å². The van der Waals surface area contributed by atoms with Crippen LogP contribution in [0.2, 0.25) is 0 Å². The van der Waals surface area contributed by atoms with Crippen LogP contribution in [0, 0.1) is 11.3 Å². The summed E-state index contributed by atoms with van der Waals surface area (Å²) in [5.74, 6) is 0.439. The second-order valence-electron chi connectivity index (χ2n) is 9.80. The van der Waals surface area contributed by atoms with Gasteiger partial charge in [-0.1, -0.05) is 30.3 Å². The van der Waals surface area contributed by atoms with Gasteiger partial charge in [0.2, 0.25) is 0 Å². The molecule has 0 spiro atoms. The van der Waals surface area contributed by atoms with E-state index in [1.807, 2.05) is 45.2 Å². The quantitative estimate of drug-likeness (QED) is 0.366. The third-order valence-corrected chi connectivity index (χ3v) is 6.25. The lowest BCUT2D eigenvalue weighted by atomic mass is 9.92. The molecule has 0 bridgehead atoms. The summed E-state index contributed by atoms with van der Waals surface area (Å²) in [7, 11) is 1.68. The van der Waals surface area contributed by atoms with Crippen molar-refractivity contribution in [3.63, 3.8) is 0 Å². The number of benzene rings is 2. The van der Waals surface area contributed by atoms with Gasteiger partial charge in [0.25, 0.3) is 0 Å². The van der Waals surface area contributed by atoms with Crippen LogP contribution in [0.5, 0.6) is 5.75 Å². The van der Waals surface area contributed by atoms with Crippen molar-refractivity contribution in [2.24, 2.45) is 5.92 Å². The Balaban J connectivity index is 1.54. The van der Waals surface area contributed by atoms with Crippen molar-refractivity contribution in [3.05, 3.63) is 60.4 Å². The Bertz CT molecular complexity index is 1160. The summed E-state index contributed by atoms with van der Waals surface area (Å²) in [5.41, 5.74) is 3.01. The number of aromatic nitrogens is 1. The number of carbonyl (C=O) groups excluding carboxylic acids is 1. The number of hydrogen-bond donors (Lipinski definition) is 1. The van der Waals surface area contributed by atoms with Crippen LogP contribution in [-0.2, 0) is 9.53 Å². The third-order valence-electron chi connectivity index (χ3n) is 6.25. The van der Waals surface area contributed by atoms with Crippen molar-refractivity contribution in [1.29, 1.82) is 5.41 Å². The molecular formula is C28H32N2O3. The third kappa shape index (κ3) is 5.24. The molecule has 1 saturated carbocycles. The maximum atomic E-state index is 12.6. The molecule has 0 aliphatic heterocycles. The number of methoxy groups -OCH3 is 1. The van der Waals surface area contributed by atoms with Gasteiger partial charge < -0.3 is 14.9 Å². The van der Waals surface area contributed by atoms with E-state index in [-0.39, 0.29) is 17.8 Å². The van der Waals surface area contributed by atoms with Gasteiger partial charge in [0.05, 0.1) is 13.0 Å². The molecule has 3 aromatic rings. The first-order valence-corrected chi connectivity index (χ1v) is 11.6. The molecule has 1 N–H and O–H groups in total. The Labute approximate surface area is 195 Å². The summed E-state index contributed by atoms with van der Waals surface area (Å²) in [6, 6.07) is 16.5. The lowest BCUT2D eigenvalue weighted by Gasteiger charge is -2.23. The van der Waals surface area contributed by atoms with E-state index >= 15 is 0 Å². The Hall–Kier alpha value is -3.21. The van der Waals surface area contributed by atoms with E-state index in [0.29, 0.717) is 25.0 Å². The van der Waals surface area contributed by atoms with Gasteiger partial charge in [0.15, 0.2) is 0 Å². The Morgan fingerprint density at radius 1 is 1.03 bits per heavy atom.